The largest absolute Gasteiger partial charge is 0.392 e. The van der Waals surface area contributed by atoms with Gasteiger partial charge in [0.05, 0.1) is 59.7 Å². The molecule has 62 heavy (non-hydrogen) atoms. The molecule has 2 spiro atoms. The third kappa shape index (κ3) is 4.91. The summed E-state index contributed by atoms with van der Waals surface area (Å²) in [6.45, 7) is 20.5. The maximum Gasteiger partial charge on any atom is 0.172 e. The van der Waals surface area contributed by atoms with Gasteiger partial charge < -0.3 is 24.1 Å². The number of ether oxygens (including phenoxy) is 4. The number of hydrogen-bond acceptors (Lipinski definition) is 8. The molecule has 4 saturated carbocycles. The molecule has 0 unspecified atom stereocenters. The van der Waals surface area contributed by atoms with E-state index in [1.807, 2.05) is 0 Å². The smallest absolute Gasteiger partial charge is 0.172 e. The number of ketones is 1. The van der Waals surface area contributed by atoms with Crippen molar-refractivity contribution in [1.82, 2.24) is 9.97 Å². The fourth-order valence-electron chi connectivity index (χ4n) is 18.9. The minimum atomic E-state index is -0.539. The van der Waals surface area contributed by atoms with E-state index in [-0.39, 0.29) is 58.2 Å². The lowest BCUT2D eigenvalue weighted by molar-refractivity contribution is -0.265. The van der Waals surface area contributed by atoms with Crippen LogP contribution in [0.2, 0.25) is 0 Å². The van der Waals surface area contributed by atoms with Crippen molar-refractivity contribution >= 4 is 5.78 Å². The van der Waals surface area contributed by atoms with Gasteiger partial charge >= 0.3 is 0 Å². The summed E-state index contributed by atoms with van der Waals surface area (Å²) in [4.78, 5) is 26.1. The average molecular weight is 847 g/mol. The maximum absolute atomic E-state index is 14.8. The molecule has 1 aromatic rings. The van der Waals surface area contributed by atoms with E-state index in [2.05, 4.69) is 67.5 Å². The molecular formula is C54H74N2O6. The Bertz CT molecular complexity index is 2170. The van der Waals surface area contributed by atoms with Gasteiger partial charge in [0.25, 0.3) is 0 Å². The molecule has 4 aliphatic heterocycles. The highest BCUT2D eigenvalue weighted by atomic mass is 16.7. The third-order valence-corrected chi connectivity index (χ3v) is 22.6. The van der Waals surface area contributed by atoms with Crippen molar-refractivity contribution in [2.75, 3.05) is 13.2 Å². The van der Waals surface area contributed by atoms with Gasteiger partial charge in [0.15, 0.2) is 11.6 Å². The number of nitrogens with zero attached hydrogens (tertiary/aromatic N) is 2. The number of rotatable bonds is 0. The molecule has 4 saturated heterocycles. The first-order valence-electron chi connectivity index (χ1n) is 25.7. The minimum Gasteiger partial charge on any atom is -0.392 e. The molecule has 336 valence electrons. The van der Waals surface area contributed by atoms with Crippen LogP contribution in [0.3, 0.4) is 0 Å². The standard InChI is InChI=1S/C54H74N2O6/c1-27-13-15-53(59-25-27)29(3)47-43(61-53)19-37-33-11-9-31-17-39-41(23-49(31,5)35(33)21-45(57)51(37,47)7)55-40-18-32-10-12-34-36(50(32,6)24-42(40)56-39)22-46(58)52(8)38(34)20-44-48(52)30(4)54(62-44)16-14-28(2)26-60-54/h19-20,27-36,43-45,47-48,57H,9-18,21-26H2,1-8H3/t27-,28-,29+,30+,31+,32+,33-,34-,35+,36+,43+,44+,45-,47+,48+,49+,50+,51-,52-,53-,54-/m1/s1. The van der Waals surface area contributed by atoms with Crippen molar-refractivity contribution in [2.24, 2.45) is 92.7 Å². The van der Waals surface area contributed by atoms with E-state index < -0.39 is 17.0 Å². The lowest BCUT2D eigenvalue weighted by Crippen LogP contribution is -2.58. The molecule has 13 rings (SSSR count). The highest BCUT2D eigenvalue weighted by molar-refractivity contribution is 5.91. The zero-order chi connectivity index (χ0) is 42.7. The van der Waals surface area contributed by atoms with Crippen molar-refractivity contribution in [2.45, 2.75) is 175 Å². The molecule has 8 fully saturated rings. The Morgan fingerprint density at radius 3 is 1.71 bits per heavy atom. The van der Waals surface area contributed by atoms with Crippen molar-refractivity contribution < 1.29 is 28.8 Å². The van der Waals surface area contributed by atoms with Gasteiger partial charge in [0.2, 0.25) is 0 Å². The Kier molecular flexibility index (Phi) is 8.40. The Balaban J connectivity index is 0.763. The predicted octanol–water partition coefficient (Wildman–Crippen LogP) is 9.19. The second-order valence-corrected chi connectivity index (χ2v) is 25.2. The lowest BCUT2D eigenvalue weighted by Gasteiger charge is -2.60. The molecule has 5 heterocycles. The molecule has 0 aromatic carbocycles. The summed E-state index contributed by atoms with van der Waals surface area (Å²) in [5.41, 5.74) is 7.19. The zero-order valence-corrected chi connectivity index (χ0v) is 39.0. The second kappa shape index (κ2) is 12.9. The molecule has 12 aliphatic rings. The first-order valence-corrected chi connectivity index (χ1v) is 25.7. The third-order valence-electron chi connectivity index (χ3n) is 22.6. The number of fused-ring (bicyclic) bond motifs is 16. The van der Waals surface area contributed by atoms with E-state index in [1.165, 1.54) is 53.2 Å². The van der Waals surface area contributed by atoms with E-state index in [0.29, 0.717) is 59.5 Å². The van der Waals surface area contributed by atoms with Gasteiger partial charge in [-0.25, -0.2) is 0 Å². The van der Waals surface area contributed by atoms with Crippen LogP contribution in [0, 0.1) is 92.7 Å². The molecule has 1 aromatic heterocycles. The molecule has 1 N–H and O–H groups in total. The van der Waals surface area contributed by atoms with Crippen molar-refractivity contribution in [3.8, 4) is 0 Å². The van der Waals surface area contributed by atoms with Crippen LogP contribution in [0.15, 0.2) is 23.3 Å². The van der Waals surface area contributed by atoms with Crippen LogP contribution in [0.25, 0.3) is 0 Å². The Morgan fingerprint density at radius 1 is 0.629 bits per heavy atom. The Hall–Kier alpha value is -1.97. The normalized spacial score (nSPS) is 56.6. The number of allylic oxidation sites excluding steroid dienone is 1. The summed E-state index contributed by atoms with van der Waals surface area (Å²) in [7, 11) is 0. The molecule has 8 heteroatoms. The van der Waals surface area contributed by atoms with E-state index in [4.69, 9.17) is 28.9 Å². The van der Waals surface area contributed by atoms with Gasteiger partial charge in [-0.15, -0.1) is 0 Å². The second-order valence-electron chi connectivity index (χ2n) is 25.2. The Labute approximate surface area is 370 Å². The molecule has 8 aliphatic carbocycles. The van der Waals surface area contributed by atoms with Gasteiger partial charge in [0, 0.05) is 48.3 Å². The van der Waals surface area contributed by atoms with Crippen LogP contribution in [-0.4, -0.2) is 64.0 Å². The number of Topliss-reactive ketones (excluding diaryl/α,β-unsaturated/α-hetero) is 1. The molecular weight excluding hydrogens is 773 g/mol. The molecule has 0 bridgehead atoms. The molecule has 0 radical (unpaired) electrons. The van der Waals surface area contributed by atoms with E-state index >= 15 is 0 Å². The topological polar surface area (TPSA) is 100 Å². The summed E-state index contributed by atoms with van der Waals surface area (Å²) in [5, 5.41) is 12.4. The summed E-state index contributed by atoms with van der Waals surface area (Å²) in [6.07, 6.45) is 18.8. The number of aliphatic hydroxyl groups is 1. The van der Waals surface area contributed by atoms with Gasteiger partial charge in [-0.1, -0.05) is 71.8 Å². The SMILES string of the molecule is C[C@@H]1CC[C@@]2(OC1)O[C@H]1C=C3[C@@H]4CC[C@H]5Cc6nc7c(nc6C[C@]5(C)[C@H]4CC(=O)[C@]3(C)[C@H]1[C@@H]2C)C[C@@H]1CC[C@H]2C3=C[C@@H]4O[C@]5(CC[C@@H](C)CO5)[C@@H](C)[C@@H]4[C@@]3(C)[C@H](O)C[C@@H]2[C@@]1(C)C7. The Morgan fingerprint density at radius 2 is 1.15 bits per heavy atom. The van der Waals surface area contributed by atoms with Gasteiger partial charge in [-0.05, 0) is 136 Å². The van der Waals surface area contributed by atoms with E-state index in [9.17, 15) is 9.90 Å². The van der Waals surface area contributed by atoms with Gasteiger partial charge in [0.1, 0.15) is 5.78 Å². The fraction of sp³-hybridized carbons (Fsp3) is 0.833. The lowest BCUT2D eigenvalue weighted by atomic mass is 9.45. The van der Waals surface area contributed by atoms with Crippen molar-refractivity contribution in [3.05, 3.63) is 46.1 Å². The van der Waals surface area contributed by atoms with Gasteiger partial charge in [-0.2, -0.15) is 0 Å². The summed E-state index contributed by atoms with van der Waals surface area (Å²) in [6, 6.07) is 0. The van der Waals surface area contributed by atoms with Crippen LogP contribution < -0.4 is 0 Å². The highest BCUT2D eigenvalue weighted by Gasteiger charge is 2.71. The van der Waals surface area contributed by atoms with Crippen LogP contribution in [0.1, 0.15) is 142 Å². The summed E-state index contributed by atoms with van der Waals surface area (Å²) in [5.74, 6) is 4.12. The first kappa shape index (κ1) is 40.3. The first-order chi connectivity index (χ1) is 29.5. The average Bonchev–Trinajstić information content (AvgIpc) is 3.89. The van der Waals surface area contributed by atoms with E-state index in [0.717, 1.165) is 77.4 Å². The van der Waals surface area contributed by atoms with Crippen molar-refractivity contribution in [1.29, 1.82) is 0 Å². The highest BCUT2D eigenvalue weighted by Crippen LogP contribution is 2.71. The summed E-state index contributed by atoms with van der Waals surface area (Å²) >= 11 is 0. The monoisotopic (exact) mass is 847 g/mol. The summed E-state index contributed by atoms with van der Waals surface area (Å²) < 4.78 is 27.0. The number of aromatic nitrogens is 2. The molecule has 21 atom stereocenters. The zero-order valence-electron chi connectivity index (χ0n) is 39.0. The van der Waals surface area contributed by atoms with Crippen LogP contribution in [0.5, 0.6) is 0 Å². The molecule has 8 nitrogen and oxygen atoms in total. The quantitative estimate of drug-likeness (QED) is 0.258. The van der Waals surface area contributed by atoms with E-state index in [1.54, 1.807) is 0 Å². The van der Waals surface area contributed by atoms with Crippen LogP contribution in [0.4, 0.5) is 0 Å². The number of hydrogen-bond donors (Lipinski definition) is 1. The predicted molar refractivity (Wildman–Crippen MR) is 234 cm³/mol. The van der Waals surface area contributed by atoms with Gasteiger partial charge in [-0.3, -0.25) is 14.8 Å². The number of aliphatic hydroxyl groups excluding tert-OH is 1. The maximum atomic E-state index is 14.8. The number of carbonyl (C=O) groups is 1. The van der Waals surface area contributed by atoms with Crippen molar-refractivity contribution in [3.63, 3.8) is 0 Å². The molecule has 0 amide bonds. The minimum absolute atomic E-state index is 0.0203. The van der Waals surface area contributed by atoms with Crippen LogP contribution >= 0.6 is 0 Å². The number of carbonyl (C=O) groups excluding carboxylic acids is 1. The van der Waals surface area contributed by atoms with Crippen LogP contribution in [-0.2, 0) is 49.4 Å². The fourth-order valence-corrected chi connectivity index (χ4v) is 18.9.